The first-order valence-corrected chi connectivity index (χ1v) is 20.8. The fraction of sp³-hybridized carbons (Fsp3) is 1.00. The molecule has 48 heavy (non-hydrogen) atoms. The molecular weight excluding hydrogens is 602 g/mol. The van der Waals surface area contributed by atoms with Crippen LogP contribution < -0.4 is 26.8 Å². The van der Waals surface area contributed by atoms with Crippen LogP contribution in [0.2, 0.25) is 0 Å². The summed E-state index contributed by atoms with van der Waals surface area (Å²) in [6.45, 7) is 5.64. The van der Waals surface area contributed by atoms with Crippen LogP contribution in [0.15, 0.2) is 0 Å². The summed E-state index contributed by atoms with van der Waals surface area (Å²) in [4.78, 5) is 8.11. The summed E-state index contributed by atoms with van der Waals surface area (Å²) in [6, 6.07) is 3.98. The summed E-state index contributed by atoms with van der Waals surface area (Å²) in [7, 11) is 0. The number of rotatable bonds is 6. The van der Waals surface area contributed by atoms with Gasteiger partial charge in [-0.25, -0.2) is 10.9 Å². The van der Waals surface area contributed by atoms with Crippen molar-refractivity contribution in [3.63, 3.8) is 0 Å². The Morgan fingerprint density at radius 1 is 0.542 bits per heavy atom. The van der Waals surface area contributed by atoms with Crippen LogP contribution in [-0.4, -0.2) is 136 Å². The first-order chi connectivity index (χ1) is 23.6. The van der Waals surface area contributed by atoms with Crippen molar-refractivity contribution >= 4 is 0 Å². The molecule has 9 aliphatic rings. The van der Waals surface area contributed by atoms with E-state index in [1.54, 1.807) is 0 Å². The first kappa shape index (κ1) is 33.4. The molecule has 0 amide bonds. The Balaban J connectivity index is 0.866. The van der Waals surface area contributed by atoms with Crippen LogP contribution >= 0.6 is 0 Å². The number of aliphatic hydroxyl groups excluding tert-OH is 2. The van der Waals surface area contributed by atoms with E-state index in [2.05, 4.69) is 46.6 Å². The quantitative estimate of drug-likeness (QED) is 0.224. The lowest BCUT2D eigenvalue weighted by molar-refractivity contribution is -0.0652. The lowest BCUT2D eigenvalue weighted by Gasteiger charge is -2.52. The summed E-state index contributed by atoms with van der Waals surface area (Å²) < 4.78 is 0. The van der Waals surface area contributed by atoms with Crippen molar-refractivity contribution in [1.82, 2.24) is 46.6 Å². The molecular formula is C37H67N9O2. The van der Waals surface area contributed by atoms with Crippen LogP contribution in [0.25, 0.3) is 0 Å². The molecule has 5 heterocycles. The summed E-state index contributed by atoms with van der Waals surface area (Å²) in [6.07, 6.45) is 22.0. The molecule has 0 bridgehead atoms. The average Bonchev–Trinajstić information content (AvgIpc) is 3.85. The minimum Gasteiger partial charge on any atom is -0.393 e. The van der Waals surface area contributed by atoms with E-state index in [1.165, 1.54) is 96.4 Å². The Kier molecular flexibility index (Phi) is 10.1. The van der Waals surface area contributed by atoms with Gasteiger partial charge in [-0.2, -0.15) is 5.12 Å². The SMILES string of the molecule is OC1CC(N(C2CCC(N3NC4CCCCC4N3)CC2)C2CCC(C3CN4CCCNC4N3)C(O)C2)CCC1C1CN2CCCCC2N1. The molecule has 5 saturated heterocycles. The van der Waals surface area contributed by atoms with Crippen molar-refractivity contribution in [1.29, 1.82) is 0 Å². The molecule has 0 radical (unpaired) electrons. The van der Waals surface area contributed by atoms with Crippen molar-refractivity contribution in [2.24, 2.45) is 11.8 Å². The summed E-state index contributed by atoms with van der Waals surface area (Å²) in [5.41, 5.74) is 7.73. The van der Waals surface area contributed by atoms with Crippen molar-refractivity contribution < 1.29 is 10.2 Å². The number of aliphatic hydroxyl groups is 2. The van der Waals surface area contributed by atoms with Crippen LogP contribution in [0.1, 0.15) is 116 Å². The summed E-state index contributed by atoms with van der Waals surface area (Å²) in [5.74, 6) is 0.692. The van der Waals surface area contributed by atoms with E-state index in [9.17, 15) is 10.2 Å². The molecule has 4 saturated carbocycles. The fourth-order valence-corrected chi connectivity index (χ4v) is 12.4. The lowest BCUT2D eigenvalue weighted by Crippen LogP contribution is -2.59. The second-order valence-electron chi connectivity index (χ2n) is 17.7. The maximum Gasteiger partial charge on any atom is 0.114 e. The van der Waals surface area contributed by atoms with Gasteiger partial charge < -0.3 is 10.2 Å². The maximum absolute atomic E-state index is 11.8. The predicted octanol–water partition coefficient (Wildman–Crippen LogP) is 1.63. The van der Waals surface area contributed by atoms with Gasteiger partial charge in [-0.05, 0) is 116 Å². The minimum absolute atomic E-state index is 0.239. The van der Waals surface area contributed by atoms with E-state index < -0.39 is 0 Å². The molecule has 12 unspecified atom stereocenters. The van der Waals surface area contributed by atoms with E-state index in [0.29, 0.717) is 66.3 Å². The molecule has 11 heteroatoms. The molecule has 5 aliphatic heterocycles. The Morgan fingerprint density at radius 2 is 1.15 bits per heavy atom. The Hall–Kier alpha value is -0.440. The highest BCUT2D eigenvalue weighted by molar-refractivity contribution is 5.03. The number of hydrogen-bond acceptors (Lipinski definition) is 11. The molecule has 11 nitrogen and oxygen atoms in total. The summed E-state index contributed by atoms with van der Waals surface area (Å²) in [5, 5.41) is 37.5. The number of hydrogen-bond donors (Lipinski definition) is 7. The molecule has 9 rings (SSSR count). The number of piperidine rings is 1. The molecule has 12 atom stereocenters. The van der Waals surface area contributed by atoms with Gasteiger partial charge in [-0.1, -0.05) is 12.8 Å². The Labute approximate surface area is 289 Å². The van der Waals surface area contributed by atoms with E-state index in [0.717, 1.165) is 51.9 Å². The number of nitrogens with zero attached hydrogens (tertiary/aromatic N) is 4. The lowest BCUT2D eigenvalue weighted by atomic mass is 9.74. The van der Waals surface area contributed by atoms with Crippen molar-refractivity contribution in [2.75, 3.05) is 32.7 Å². The van der Waals surface area contributed by atoms with Gasteiger partial charge in [-0.3, -0.25) is 30.7 Å². The Morgan fingerprint density at radius 3 is 1.79 bits per heavy atom. The zero-order valence-electron chi connectivity index (χ0n) is 29.5. The van der Waals surface area contributed by atoms with Gasteiger partial charge in [0, 0.05) is 79.8 Å². The highest BCUT2D eigenvalue weighted by Crippen LogP contribution is 2.42. The molecule has 4 aliphatic carbocycles. The van der Waals surface area contributed by atoms with Gasteiger partial charge in [0.2, 0.25) is 0 Å². The summed E-state index contributed by atoms with van der Waals surface area (Å²) >= 11 is 0. The monoisotopic (exact) mass is 670 g/mol. The normalized spacial score (nSPS) is 49.6. The standard InChI is InChI=1S/C37H67N9O2/c47-34-20-26(13-15-28(34)32-22-43-18-4-3-8-36(43)39-32)45(24-9-11-25(12-10-24)46-41-30-6-1-2-7-31(30)42-46)27-14-16-29(35(48)21-27)33-23-44-19-5-17-38-37(44)40-33/h24-42,47-48H,1-23H2. The highest BCUT2D eigenvalue weighted by atomic mass is 16.3. The smallest absolute Gasteiger partial charge is 0.114 e. The zero-order chi connectivity index (χ0) is 32.2. The highest BCUT2D eigenvalue weighted by Gasteiger charge is 2.48. The molecule has 0 spiro atoms. The van der Waals surface area contributed by atoms with E-state index in [1.807, 2.05) is 0 Å². The predicted molar refractivity (Wildman–Crippen MR) is 187 cm³/mol. The minimum atomic E-state index is -0.260. The van der Waals surface area contributed by atoms with Crippen LogP contribution in [-0.2, 0) is 0 Å². The van der Waals surface area contributed by atoms with Gasteiger partial charge in [0.25, 0.3) is 0 Å². The number of hydrazine groups is 2. The largest absolute Gasteiger partial charge is 0.393 e. The second kappa shape index (κ2) is 14.5. The van der Waals surface area contributed by atoms with E-state index >= 15 is 0 Å². The van der Waals surface area contributed by atoms with Crippen molar-refractivity contribution in [2.45, 2.75) is 189 Å². The molecule has 0 aromatic rings. The van der Waals surface area contributed by atoms with Gasteiger partial charge in [-0.15, -0.1) is 0 Å². The zero-order valence-corrected chi connectivity index (χ0v) is 29.5. The number of fused-ring (bicyclic) bond motifs is 3. The number of nitrogens with one attached hydrogen (secondary N) is 5. The van der Waals surface area contributed by atoms with E-state index in [4.69, 9.17) is 0 Å². The fourth-order valence-electron chi connectivity index (χ4n) is 12.4. The molecule has 9 fully saturated rings. The third-order valence-electron chi connectivity index (χ3n) is 15.0. The van der Waals surface area contributed by atoms with Crippen LogP contribution in [0.4, 0.5) is 0 Å². The molecule has 0 aromatic carbocycles. The second-order valence-corrected chi connectivity index (χ2v) is 17.7. The molecule has 272 valence electrons. The maximum atomic E-state index is 11.8. The topological polar surface area (TPSA) is 114 Å². The van der Waals surface area contributed by atoms with Crippen molar-refractivity contribution in [3.05, 3.63) is 0 Å². The van der Waals surface area contributed by atoms with Crippen LogP contribution in [0.3, 0.4) is 0 Å². The first-order valence-electron chi connectivity index (χ1n) is 20.8. The van der Waals surface area contributed by atoms with Crippen molar-refractivity contribution in [3.8, 4) is 0 Å². The third-order valence-corrected chi connectivity index (χ3v) is 15.0. The van der Waals surface area contributed by atoms with Gasteiger partial charge in [0.1, 0.15) is 6.29 Å². The average molecular weight is 670 g/mol. The van der Waals surface area contributed by atoms with Gasteiger partial charge in [0.15, 0.2) is 0 Å². The van der Waals surface area contributed by atoms with E-state index in [-0.39, 0.29) is 18.5 Å². The Bertz CT molecular complexity index is 981. The van der Waals surface area contributed by atoms with Crippen LogP contribution in [0.5, 0.6) is 0 Å². The van der Waals surface area contributed by atoms with Crippen LogP contribution in [0, 0.1) is 11.8 Å². The van der Waals surface area contributed by atoms with Gasteiger partial charge >= 0.3 is 0 Å². The molecule has 0 aromatic heterocycles. The molecule has 7 N–H and O–H groups in total. The van der Waals surface area contributed by atoms with Gasteiger partial charge in [0.05, 0.1) is 18.4 Å². The third kappa shape index (κ3) is 6.66.